The lowest BCUT2D eigenvalue weighted by Gasteiger charge is -2.27. The van der Waals surface area contributed by atoms with E-state index in [1.54, 1.807) is 6.07 Å². The quantitative estimate of drug-likeness (QED) is 0.390. The third-order valence-electron chi connectivity index (χ3n) is 5.63. The van der Waals surface area contributed by atoms with E-state index < -0.39 is 35.1 Å². The maximum atomic E-state index is 14.7. The number of hydrogen-bond acceptors (Lipinski definition) is 4. The summed E-state index contributed by atoms with van der Waals surface area (Å²) in [6, 6.07) is 9.76. The van der Waals surface area contributed by atoms with Crippen molar-refractivity contribution in [1.29, 1.82) is 0 Å². The number of likely N-dealkylation sites (tertiary alicyclic amines) is 1. The summed E-state index contributed by atoms with van der Waals surface area (Å²) < 4.78 is 28.0. The molecule has 31 heavy (non-hydrogen) atoms. The molecule has 3 rings (SSSR count). The molecule has 1 amide bonds. The average Bonchev–Trinajstić information content (AvgIpc) is 3.02. The van der Waals surface area contributed by atoms with Gasteiger partial charge in [-0.2, -0.15) is 0 Å². The molecule has 2 aromatic rings. The van der Waals surface area contributed by atoms with Crippen LogP contribution in [0.1, 0.15) is 37.4 Å². The highest BCUT2D eigenvalue weighted by molar-refractivity contribution is 6.46. The fourth-order valence-electron chi connectivity index (χ4n) is 3.90. The summed E-state index contributed by atoms with van der Waals surface area (Å²) in [4.78, 5) is 29.2. The van der Waals surface area contributed by atoms with E-state index in [0.29, 0.717) is 6.42 Å². The van der Waals surface area contributed by atoms with Gasteiger partial charge in [0.2, 0.25) is 0 Å². The predicted molar refractivity (Wildman–Crippen MR) is 114 cm³/mol. The van der Waals surface area contributed by atoms with Crippen LogP contribution in [0, 0.1) is 11.6 Å². The van der Waals surface area contributed by atoms with E-state index in [9.17, 15) is 23.5 Å². The number of hydrogen-bond donors (Lipinski definition) is 1. The molecule has 7 heteroatoms. The lowest BCUT2D eigenvalue weighted by Crippen LogP contribution is -2.33. The Balaban J connectivity index is 2.04. The van der Waals surface area contributed by atoms with Crippen LogP contribution in [-0.4, -0.2) is 52.8 Å². The van der Waals surface area contributed by atoms with E-state index in [4.69, 9.17) is 0 Å². The maximum Gasteiger partial charge on any atom is 0.295 e. The van der Waals surface area contributed by atoms with Gasteiger partial charge >= 0.3 is 0 Å². The van der Waals surface area contributed by atoms with Crippen molar-refractivity contribution in [1.82, 2.24) is 9.80 Å². The number of Topliss-reactive ketones (excluding diaryl/α,β-unsaturated/α-hetero) is 1. The topological polar surface area (TPSA) is 60.9 Å². The lowest BCUT2D eigenvalue weighted by atomic mass is 9.95. The molecule has 0 aromatic heterocycles. The molecular formula is C24H26F2N2O3. The van der Waals surface area contributed by atoms with Gasteiger partial charge in [-0.1, -0.05) is 32.0 Å². The molecule has 5 nitrogen and oxygen atoms in total. The van der Waals surface area contributed by atoms with Gasteiger partial charge in [0.25, 0.3) is 11.7 Å². The number of nitrogens with zero attached hydrogens (tertiary/aromatic N) is 2. The number of halogens is 2. The molecule has 1 unspecified atom stereocenters. The molecule has 0 spiro atoms. The number of carbonyl (C=O) groups excluding carboxylic acids is 2. The van der Waals surface area contributed by atoms with Gasteiger partial charge in [-0.05, 0) is 56.4 Å². The number of benzene rings is 2. The molecule has 1 saturated heterocycles. The Labute approximate surface area is 180 Å². The highest BCUT2D eigenvalue weighted by Gasteiger charge is 2.46. The number of aliphatic hydroxyl groups excluding tert-OH is 1. The lowest BCUT2D eigenvalue weighted by molar-refractivity contribution is -0.140. The second kappa shape index (κ2) is 9.83. The van der Waals surface area contributed by atoms with Crippen molar-refractivity contribution in [3.63, 3.8) is 0 Å². The molecule has 1 atom stereocenters. The summed E-state index contributed by atoms with van der Waals surface area (Å²) in [5.74, 6) is -3.18. The number of carbonyl (C=O) groups is 2. The molecule has 0 radical (unpaired) electrons. The minimum atomic E-state index is -1.05. The molecule has 0 aliphatic carbocycles. The minimum absolute atomic E-state index is 0.133. The summed E-state index contributed by atoms with van der Waals surface area (Å²) in [5.41, 5.74) is 0.127. The Hall–Kier alpha value is -3.06. The van der Waals surface area contributed by atoms with Crippen molar-refractivity contribution < 1.29 is 23.5 Å². The highest BCUT2D eigenvalue weighted by atomic mass is 19.1. The molecule has 164 valence electrons. The first kappa shape index (κ1) is 22.6. The van der Waals surface area contributed by atoms with E-state index in [1.807, 2.05) is 13.8 Å². The van der Waals surface area contributed by atoms with E-state index >= 15 is 0 Å². The SMILES string of the molecule is CCN(CC)CCCN1C(=O)C(=O)C(=C(O)c2ccc(F)cc2)C1c1ccccc1F. The molecule has 1 N–H and O–H groups in total. The maximum absolute atomic E-state index is 14.7. The summed E-state index contributed by atoms with van der Waals surface area (Å²) in [6.45, 7) is 6.75. The summed E-state index contributed by atoms with van der Waals surface area (Å²) in [6.07, 6.45) is 0.593. The van der Waals surface area contributed by atoms with Gasteiger partial charge in [-0.3, -0.25) is 9.59 Å². The van der Waals surface area contributed by atoms with Crippen LogP contribution in [0.4, 0.5) is 8.78 Å². The Kier molecular flexibility index (Phi) is 7.17. The Morgan fingerprint density at radius 3 is 2.29 bits per heavy atom. The highest BCUT2D eigenvalue weighted by Crippen LogP contribution is 2.40. The molecule has 0 bridgehead atoms. The number of aliphatic hydroxyl groups is 1. The van der Waals surface area contributed by atoms with Crippen LogP contribution in [0.2, 0.25) is 0 Å². The number of amides is 1. The monoisotopic (exact) mass is 428 g/mol. The summed E-state index contributed by atoms with van der Waals surface area (Å²) >= 11 is 0. The number of rotatable bonds is 8. The van der Waals surface area contributed by atoms with Gasteiger partial charge in [-0.15, -0.1) is 0 Å². The third kappa shape index (κ3) is 4.66. The van der Waals surface area contributed by atoms with Crippen molar-refractivity contribution in [2.45, 2.75) is 26.3 Å². The average molecular weight is 428 g/mol. The zero-order chi connectivity index (χ0) is 22.5. The first-order chi connectivity index (χ1) is 14.9. The van der Waals surface area contributed by atoms with Gasteiger partial charge in [0, 0.05) is 17.7 Å². The van der Waals surface area contributed by atoms with E-state index in [0.717, 1.165) is 31.8 Å². The van der Waals surface area contributed by atoms with Crippen LogP contribution in [0.5, 0.6) is 0 Å². The van der Waals surface area contributed by atoms with Gasteiger partial charge < -0.3 is 14.9 Å². The van der Waals surface area contributed by atoms with Crippen molar-refractivity contribution >= 4 is 17.4 Å². The van der Waals surface area contributed by atoms with E-state index in [-0.39, 0.29) is 23.2 Å². The first-order valence-electron chi connectivity index (χ1n) is 10.4. The second-order valence-corrected chi connectivity index (χ2v) is 7.40. The molecule has 0 saturated carbocycles. The van der Waals surface area contributed by atoms with Crippen LogP contribution in [-0.2, 0) is 9.59 Å². The van der Waals surface area contributed by atoms with Crippen LogP contribution < -0.4 is 0 Å². The summed E-state index contributed by atoms with van der Waals surface area (Å²) in [5, 5.41) is 10.9. The van der Waals surface area contributed by atoms with Crippen molar-refractivity contribution in [3.8, 4) is 0 Å². The van der Waals surface area contributed by atoms with Gasteiger partial charge in [-0.25, -0.2) is 8.78 Å². The summed E-state index contributed by atoms with van der Waals surface area (Å²) in [7, 11) is 0. The van der Waals surface area contributed by atoms with E-state index in [2.05, 4.69) is 4.90 Å². The Bertz CT molecular complexity index is 985. The number of ketones is 1. The largest absolute Gasteiger partial charge is 0.507 e. The first-order valence-corrected chi connectivity index (χ1v) is 10.4. The molecule has 2 aromatic carbocycles. The molecule has 1 heterocycles. The molecule has 1 fully saturated rings. The third-order valence-corrected chi connectivity index (χ3v) is 5.63. The van der Waals surface area contributed by atoms with Crippen molar-refractivity contribution in [2.75, 3.05) is 26.2 Å². The zero-order valence-corrected chi connectivity index (χ0v) is 17.6. The smallest absolute Gasteiger partial charge is 0.295 e. The van der Waals surface area contributed by atoms with Crippen LogP contribution in [0.25, 0.3) is 5.76 Å². The van der Waals surface area contributed by atoms with Crippen molar-refractivity contribution in [2.24, 2.45) is 0 Å². The zero-order valence-electron chi connectivity index (χ0n) is 17.6. The van der Waals surface area contributed by atoms with E-state index in [1.165, 1.54) is 35.2 Å². The van der Waals surface area contributed by atoms with Crippen LogP contribution in [0.3, 0.4) is 0 Å². The molecule has 1 aliphatic rings. The van der Waals surface area contributed by atoms with Gasteiger partial charge in [0.05, 0.1) is 11.6 Å². The van der Waals surface area contributed by atoms with Gasteiger partial charge in [0.1, 0.15) is 17.4 Å². The van der Waals surface area contributed by atoms with Crippen LogP contribution >= 0.6 is 0 Å². The Morgan fingerprint density at radius 1 is 1.03 bits per heavy atom. The standard InChI is InChI=1S/C24H26F2N2O3/c1-3-27(4-2)14-7-15-28-21(18-8-5-6-9-19(18)26)20(23(30)24(28)31)22(29)16-10-12-17(25)13-11-16/h5-6,8-13,21,29H,3-4,7,14-15H2,1-2H3. The predicted octanol–water partition coefficient (Wildman–Crippen LogP) is 4.12. The second-order valence-electron chi connectivity index (χ2n) is 7.40. The molecular weight excluding hydrogens is 402 g/mol. The van der Waals surface area contributed by atoms with Crippen molar-refractivity contribution in [3.05, 3.63) is 76.9 Å². The molecule has 1 aliphatic heterocycles. The van der Waals surface area contributed by atoms with Gasteiger partial charge in [0.15, 0.2) is 0 Å². The normalized spacial score (nSPS) is 18.2. The fraction of sp³-hybridized carbons (Fsp3) is 0.333. The Morgan fingerprint density at radius 2 is 1.68 bits per heavy atom. The van der Waals surface area contributed by atoms with Crippen LogP contribution in [0.15, 0.2) is 54.1 Å². The fourth-order valence-corrected chi connectivity index (χ4v) is 3.90. The minimum Gasteiger partial charge on any atom is -0.507 e.